The van der Waals surface area contributed by atoms with E-state index in [1.807, 2.05) is 28.7 Å². The number of nitrogens with zero attached hydrogens (tertiary/aromatic N) is 2. The molecular weight excluding hydrogens is 729 g/mol. The van der Waals surface area contributed by atoms with E-state index in [1.165, 1.54) is 73.7 Å². The van der Waals surface area contributed by atoms with Crippen molar-refractivity contribution in [3.63, 3.8) is 0 Å². The lowest BCUT2D eigenvalue weighted by molar-refractivity contribution is 1.18. The Hall–Kier alpha value is -6.72. The first-order valence-corrected chi connectivity index (χ1v) is 21.0. The third-order valence-electron chi connectivity index (χ3n) is 11.5. The number of thiophene rings is 2. The molecule has 266 valence electrons. The molecule has 0 saturated heterocycles. The summed E-state index contributed by atoms with van der Waals surface area (Å²) in [5.74, 6) is 0.716. The van der Waals surface area contributed by atoms with E-state index in [4.69, 9.17) is 9.97 Å². The molecule has 0 saturated carbocycles. The van der Waals surface area contributed by atoms with Gasteiger partial charge in [-0.2, -0.15) is 0 Å². The highest BCUT2D eigenvalue weighted by Crippen LogP contribution is 2.43. The highest BCUT2D eigenvalue weighted by molar-refractivity contribution is 7.26. The van der Waals surface area contributed by atoms with Crippen LogP contribution < -0.4 is 0 Å². The van der Waals surface area contributed by atoms with Crippen LogP contribution in [0.4, 0.5) is 0 Å². The standard InChI is InChI=1S/C53H32N2S2/c1-2-10-32(11-3-1)53-54-47(37-19-23-41-38(27-37)26-35-12-4-5-13-39(35)41)31-48(55-53)44-28-33(34-20-24-51-45(29-34)42-14-6-8-16-49(42)56-51)18-22-40(44)36-21-25-52-46(30-36)43-15-7-9-17-50(43)57-52/h1-25,27-31H,26H2. The van der Waals surface area contributed by atoms with Crippen LogP contribution in [0.15, 0.2) is 182 Å². The molecule has 2 nitrogen and oxygen atoms in total. The van der Waals surface area contributed by atoms with Crippen molar-refractivity contribution in [3.8, 4) is 67.3 Å². The molecule has 0 atom stereocenters. The summed E-state index contributed by atoms with van der Waals surface area (Å²) in [4.78, 5) is 10.7. The number of fused-ring (bicyclic) bond motifs is 9. The summed E-state index contributed by atoms with van der Waals surface area (Å²) < 4.78 is 5.22. The van der Waals surface area contributed by atoms with Gasteiger partial charge in [0, 0.05) is 57.0 Å². The van der Waals surface area contributed by atoms with Gasteiger partial charge in [-0.25, -0.2) is 9.97 Å². The molecular formula is C53H32N2S2. The molecule has 0 radical (unpaired) electrons. The van der Waals surface area contributed by atoms with E-state index in [9.17, 15) is 0 Å². The molecule has 0 amide bonds. The molecule has 0 N–H and O–H groups in total. The second-order valence-corrected chi connectivity index (χ2v) is 17.1. The summed E-state index contributed by atoms with van der Waals surface area (Å²) in [5.41, 5.74) is 15.0. The fourth-order valence-electron chi connectivity index (χ4n) is 8.74. The number of hydrogen-bond donors (Lipinski definition) is 0. The molecule has 1 aliphatic carbocycles. The van der Waals surface area contributed by atoms with Gasteiger partial charge in [-0.3, -0.25) is 0 Å². The molecule has 3 aromatic heterocycles. The lowest BCUT2D eigenvalue weighted by Gasteiger charge is -2.15. The van der Waals surface area contributed by atoms with Gasteiger partial charge in [0.25, 0.3) is 0 Å². The van der Waals surface area contributed by atoms with Crippen LogP contribution in [0.5, 0.6) is 0 Å². The van der Waals surface area contributed by atoms with Gasteiger partial charge in [-0.1, -0.05) is 127 Å². The third-order valence-corrected chi connectivity index (χ3v) is 13.8. The Morgan fingerprint density at radius 1 is 0.316 bits per heavy atom. The van der Waals surface area contributed by atoms with Crippen LogP contribution in [0.1, 0.15) is 11.1 Å². The van der Waals surface area contributed by atoms with E-state index in [0.717, 1.165) is 45.6 Å². The molecule has 0 bridgehead atoms. The summed E-state index contributed by atoms with van der Waals surface area (Å²) in [6.07, 6.45) is 0.929. The summed E-state index contributed by atoms with van der Waals surface area (Å²) in [6.45, 7) is 0. The van der Waals surface area contributed by atoms with E-state index in [0.29, 0.717) is 5.82 Å². The second kappa shape index (κ2) is 12.9. The average molecular weight is 761 g/mol. The third kappa shape index (κ3) is 5.44. The Kier molecular flexibility index (Phi) is 7.37. The van der Waals surface area contributed by atoms with Gasteiger partial charge >= 0.3 is 0 Å². The van der Waals surface area contributed by atoms with Crippen molar-refractivity contribution in [2.75, 3.05) is 0 Å². The molecule has 0 aliphatic heterocycles. The first-order chi connectivity index (χ1) is 28.2. The lowest BCUT2D eigenvalue weighted by Crippen LogP contribution is -1.98. The summed E-state index contributed by atoms with van der Waals surface area (Å²) in [7, 11) is 0. The van der Waals surface area contributed by atoms with Gasteiger partial charge in [0.1, 0.15) is 0 Å². The van der Waals surface area contributed by atoms with E-state index in [2.05, 4.69) is 176 Å². The maximum atomic E-state index is 5.40. The Balaban J connectivity index is 1.08. The average Bonchev–Trinajstić information content (AvgIpc) is 3.97. The molecule has 4 heteroatoms. The van der Waals surface area contributed by atoms with Crippen molar-refractivity contribution in [3.05, 3.63) is 193 Å². The van der Waals surface area contributed by atoms with Gasteiger partial charge in [0.05, 0.1) is 11.4 Å². The maximum Gasteiger partial charge on any atom is 0.160 e. The lowest BCUT2D eigenvalue weighted by atomic mass is 9.91. The fraction of sp³-hybridized carbons (Fsp3) is 0.0189. The number of rotatable bonds is 5. The van der Waals surface area contributed by atoms with Gasteiger partial charge < -0.3 is 0 Å². The normalized spacial score (nSPS) is 12.1. The van der Waals surface area contributed by atoms with Crippen molar-refractivity contribution in [1.29, 1.82) is 0 Å². The zero-order valence-electron chi connectivity index (χ0n) is 30.7. The minimum Gasteiger partial charge on any atom is -0.228 e. The number of benzene rings is 8. The van der Waals surface area contributed by atoms with E-state index in [-0.39, 0.29) is 0 Å². The fourth-order valence-corrected chi connectivity index (χ4v) is 10.9. The minimum atomic E-state index is 0.716. The van der Waals surface area contributed by atoms with Crippen molar-refractivity contribution in [2.45, 2.75) is 6.42 Å². The minimum absolute atomic E-state index is 0.716. The van der Waals surface area contributed by atoms with Crippen molar-refractivity contribution in [1.82, 2.24) is 9.97 Å². The van der Waals surface area contributed by atoms with Crippen LogP contribution in [-0.2, 0) is 6.42 Å². The molecule has 1 aliphatic rings. The molecule has 0 fully saturated rings. The molecule has 57 heavy (non-hydrogen) atoms. The molecule has 3 heterocycles. The van der Waals surface area contributed by atoms with Crippen LogP contribution in [0.25, 0.3) is 108 Å². The molecule has 11 aromatic rings. The van der Waals surface area contributed by atoms with Crippen molar-refractivity contribution in [2.24, 2.45) is 0 Å². The highest BCUT2D eigenvalue weighted by Gasteiger charge is 2.21. The Morgan fingerprint density at radius 3 is 1.67 bits per heavy atom. The van der Waals surface area contributed by atoms with Crippen molar-refractivity contribution >= 4 is 63.0 Å². The Morgan fingerprint density at radius 2 is 0.877 bits per heavy atom. The number of aromatic nitrogens is 2. The van der Waals surface area contributed by atoms with Crippen LogP contribution in [0, 0.1) is 0 Å². The molecule has 0 unspecified atom stereocenters. The Bertz CT molecular complexity index is 3390. The zero-order chi connectivity index (χ0) is 37.5. The van der Waals surface area contributed by atoms with Gasteiger partial charge in [0.15, 0.2) is 5.82 Å². The van der Waals surface area contributed by atoms with E-state index >= 15 is 0 Å². The van der Waals surface area contributed by atoms with Crippen molar-refractivity contribution < 1.29 is 0 Å². The van der Waals surface area contributed by atoms with Crippen LogP contribution in [0.2, 0.25) is 0 Å². The second-order valence-electron chi connectivity index (χ2n) is 14.9. The number of hydrogen-bond acceptors (Lipinski definition) is 4. The predicted octanol–water partition coefficient (Wildman–Crippen LogP) is 15.1. The zero-order valence-corrected chi connectivity index (χ0v) is 32.4. The SMILES string of the molecule is c1ccc(-c2nc(-c3ccc4c(c3)Cc3ccccc3-4)cc(-c3cc(-c4ccc5sc6ccccc6c5c4)ccc3-c3ccc4sc5ccccc5c4c3)n2)cc1. The quantitative estimate of drug-likeness (QED) is 0.175. The predicted molar refractivity (Wildman–Crippen MR) is 243 cm³/mol. The van der Waals surface area contributed by atoms with Crippen LogP contribution in [-0.4, -0.2) is 9.97 Å². The van der Waals surface area contributed by atoms with Gasteiger partial charge in [-0.15, -0.1) is 22.7 Å². The molecule has 8 aromatic carbocycles. The molecule has 12 rings (SSSR count). The van der Waals surface area contributed by atoms with Gasteiger partial charge in [-0.05, 0) is 106 Å². The monoisotopic (exact) mass is 760 g/mol. The van der Waals surface area contributed by atoms with Gasteiger partial charge in [0.2, 0.25) is 0 Å². The smallest absolute Gasteiger partial charge is 0.160 e. The maximum absolute atomic E-state index is 5.40. The molecule has 0 spiro atoms. The first kappa shape index (κ1) is 32.5. The Labute approximate surface area is 338 Å². The van der Waals surface area contributed by atoms with E-state index < -0.39 is 0 Å². The summed E-state index contributed by atoms with van der Waals surface area (Å²) in [5, 5.41) is 5.18. The largest absolute Gasteiger partial charge is 0.228 e. The highest BCUT2D eigenvalue weighted by atomic mass is 32.1. The van der Waals surface area contributed by atoms with Crippen LogP contribution in [0.3, 0.4) is 0 Å². The first-order valence-electron chi connectivity index (χ1n) is 19.3. The van der Waals surface area contributed by atoms with E-state index in [1.54, 1.807) is 0 Å². The topological polar surface area (TPSA) is 25.8 Å². The summed E-state index contributed by atoms with van der Waals surface area (Å²) >= 11 is 3.71. The van der Waals surface area contributed by atoms with Crippen LogP contribution >= 0.6 is 22.7 Å². The summed E-state index contributed by atoms with van der Waals surface area (Å²) in [6, 6.07) is 66.4.